The normalized spacial score (nSPS) is 29.3. The zero-order valence-corrected chi connectivity index (χ0v) is 17.7. The fraction of sp³-hybridized carbons (Fsp3) is 0.480. The summed E-state index contributed by atoms with van der Waals surface area (Å²) in [6.07, 6.45) is 1.03. The van der Waals surface area contributed by atoms with Crippen molar-refractivity contribution >= 4 is 11.6 Å². The number of fused-ring (bicyclic) bond motifs is 2. The van der Waals surface area contributed by atoms with E-state index in [9.17, 15) is 22.8 Å². The van der Waals surface area contributed by atoms with Crippen LogP contribution in [0.2, 0.25) is 0 Å². The molecule has 0 N–H and O–H groups in total. The number of hydrogen-bond acceptors (Lipinski definition) is 4. The molecule has 0 amide bonds. The maximum absolute atomic E-state index is 13.4. The first-order chi connectivity index (χ1) is 15.3. The lowest BCUT2D eigenvalue weighted by Crippen LogP contribution is -2.41. The summed E-state index contributed by atoms with van der Waals surface area (Å²) in [5.41, 5.74) is 0.724. The number of pyridine rings is 1. The van der Waals surface area contributed by atoms with Crippen molar-refractivity contribution < 1.29 is 27.5 Å². The van der Waals surface area contributed by atoms with Gasteiger partial charge in [0.25, 0.3) is 0 Å². The van der Waals surface area contributed by atoms with Crippen molar-refractivity contribution in [3.05, 3.63) is 53.2 Å². The van der Waals surface area contributed by atoms with Gasteiger partial charge in [-0.1, -0.05) is 13.0 Å². The summed E-state index contributed by atoms with van der Waals surface area (Å²) < 4.78 is 44.0. The van der Waals surface area contributed by atoms with Crippen LogP contribution in [0.25, 0.3) is 0 Å². The first-order valence-corrected chi connectivity index (χ1v) is 11.2. The van der Waals surface area contributed by atoms with Gasteiger partial charge in [-0.3, -0.25) is 9.59 Å². The Balaban J connectivity index is 1.45. The van der Waals surface area contributed by atoms with Gasteiger partial charge in [-0.05, 0) is 73.3 Å². The van der Waals surface area contributed by atoms with E-state index in [4.69, 9.17) is 4.74 Å². The van der Waals surface area contributed by atoms with Gasteiger partial charge < -0.3 is 4.74 Å². The molecule has 4 saturated carbocycles. The summed E-state index contributed by atoms with van der Waals surface area (Å²) in [5, 5.41) is 0. The largest absolute Gasteiger partial charge is 0.439 e. The second-order valence-electron chi connectivity index (χ2n) is 9.16. The number of alkyl halides is 3. The SMILES string of the molecule is CCc1ccc(Oc2ccc(C(F)(F)F)cn2)cc1C1C(=O)C2C3CCC(CC3)C2C1=O. The molecule has 4 aliphatic rings. The van der Waals surface area contributed by atoms with E-state index < -0.39 is 17.7 Å². The summed E-state index contributed by atoms with van der Waals surface area (Å²) in [6.45, 7) is 1.97. The Morgan fingerprint density at radius 3 is 2.09 bits per heavy atom. The van der Waals surface area contributed by atoms with E-state index in [1.54, 1.807) is 12.1 Å². The third-order valence-electron chi connectivity index (χ3n) is 7.54. The molecule has 168 valence electrons. The van der Waals surface area contributed by atoms with Gasteiger partial charge in [0.1, 0.15) is 11.7 Å². The van der Waals surface area contributed by atoms with Crippen LogP contribution >= 0.6 is 0 Å². The van der Waals surface area contributed by atoms with Gasteiger partial charge in [0.2, 0.25) is 5.88 Å². The molecule has 1 aromatic heterocycles. The summed E-state index contributed by atoms with van der Waals surface area (Å²) in [5.74, 6) is -0.0312. The van der Waals surface area contributed by atoms with Crippen LogP contribution in [0.4, 0.5) is 13.2 Å². The monoisotopic (exact) mass is 443 g/mol. The molecular weight excluding hydrogens is 419 g/mol. The van der Waals surface area contributed by atoms with Gasteiger partial charge in [-0.15, -0.1) is 0 Å². The molecule has 1 aromatic carbocycles. The van der Waals surface area contributed by atoms with Crippen LogP contribution in [-0.2, 0) is 22.2 Å². The van der Waals surface area contributed by atoms with Crippen LogP contribution in [0.1, 0.15) is 55.2 Å². The van der Waals surface area contributed by atoms with E-state index >= 15 is 0 Å². The first-order valence-electron chi connectivity index (χ1n) is 11.2. The molecule has 1 heterocycles. The smallest absolute Gasteiger partial charge is 0.417 e. The summed E-state index contributed by atoms with van der Waals surface area (Å²) >= 11 is 0. The summed E-state index contributed by atoms with van der Waals surface area (Å²) in [7, 11) is 0. The number of carbonyl (C=O) groups excluding carboxylic acids is 2. The fourth-order valence-electron chi connectivity index (χ4n) is 6.06. The number of aryl methyl sites for hydroxylation is 1. The minimum Gasteiger partial charge on any atom is -0.439 e. The van der Waals surface area contributed by atoms with Crippen molar-refractivity contribution in [2.45, 2.75) is 51.1 Å². The number of ether oxygens (including phenoxy) is 1. The third kappa shape index (κ3) is 3.42. The molecule has 7 heteroatoms. The molecule has 6 rings (SSSR count). The van der Waals surface area contributed by atoms with E-state index in [0.29, 0.717) is 29.6 Å². The number of halogens is 3. The Hall–Kier alpha value is -2.70. The number of ketones is 2. The molecule has 4 nitrogen and oxygen atoms in total. The average Bonchev–Trinajstić information content (AvgIpc) is 3.06. The number of aromatic nitrogens is 1. The van der Waals surface area contributed by atoms with Crippen LogP contribution in [0, 0.1) is 23.7 Å². The molecule has 2 bridgehead atoms. The van der Waals surface area contributed by atoms with Gasteiger partial charge in [-0.2, -0.15) is 13.2 Å². The predicted molar refractivity (Wildman–Crippen MR) is 110 cm³/mol. The predicted octanol–water partition coefficient (Wildman–Crippen LogP) is 5.74. The Labute approximate surface area is 184 Å². The highest BCUT2D eigenvalue weighted by Crippen LogP contribution is 2.56. The van der Waals surface area contributed by atoms with Crippen molar-refractivity contribution in [2.24, 2.45) is 23.7 Å². The van der Waals surface area contributed by atoms with Crippen LogP contribution < -0.4 is 4.74 Å². The highest BCUT2D eigenvalue weighted by molar-refractivity contribution is 6.16. The number of Topliss-reactive ketones (excluding diaryl/α,β-unsaturated/α-hetero) is 2. The molecule has 4 aliphatic carbocycles. The molecule has 2 unspecified atom stereocenters. The van der Waals surface area contributed by atoms with Crippen LogP contribution in [0.15, 0.2) is 36.5 Å². The number of carbonyl (C=O) groups is 2. The maximum Gasteiger partial charge on any atom is 0.417 e. The van der Waals surface area contributed by atoms with Crippen LogP contribution in [-0.4, -0.2) is 16.6 Å². The molecule has 4 fully saturated rings. The lowest BCUT2D eigenvalue weighted by Gasteiger charge is -2.43. The summed E-state index contributed by atoms with van der Waals surface area (Å²) in [4.78, 5) is 30.6. The van der Waals surface area contributed by atoms with Gasteiger partial charge >= 0.3 is 6.18 Å². The highest BCUT2D eigenvalue weighted by Gasteiger charge is 2.59. The molecule has 32 heavy (non-hydrogen) atoms. The van der Waals surface area contributed by atoms with E-state index in [1.807, 2.05) is 13.0 Å². The van der Waals surface area contributed by atoms with Gasteiger partial charge in [0.05, 0.1) is 5.56 Å². The summed E-state index contributed by atoms with van der Waals surface area (Å²) in [6, 6.07) is 7.29. The molecule has 0 radical (unpaired) electrons. The second-order valence-corrected chi connectivity index (χ2v) is 9.16. The lowest BCUT2D eigenvalue weighted by atomic mass is 9.59. The molecule has 0 spiro atoms. The molecule has 0 saturated heterocycles. The van der Waals surface area contributed by atoms with Gasteiger partial charge in [0.15, 0.2) is 11.6 Å². The van der Waals surface area contributed by atoms with E-state index in [-0.39, 0.29) is 29.3 Å². The number of rotatable bonds is 4. The zero-order chi connectivity index (χ0) is 22.6. The Bertz CT molecular complexity index is 1030. The fourth-order valence-corrected chi connectivity index (χ4v) is 6.06. The van der Waals surface area contributed by atoms with Crippen molar-refractivity contribution in [2.75, 3.05) is 0 Å². The average molecular weight is 443 g/mol. The highest BCUT2D eigenvalue weighted by atomic mass is 19.4. The van der Waals surface area contributed by atoms with Crippen molar-refractivity contribution in [3.63, 3.8) is 0 Å². The molecule has 0 aliphatic heterocycles. The maximum atomic E-state index is 13.4. The van der Waals surface area contributed by atoms with Gasteiger partial charge in [-0.25, -0.2) is 4.98 Å². The topological polar surface area (TPSA) is 56.3 Å². The lowest BCUT2D eigenvalue weighted by molar-refractivity contribution is -0.137. The minimum atomic E-state index is -4.47. The van der Waals surface area contributed by atoms with Crippen molar-refractivity contribution in [3.8, 4) is 11.6 Å². The van der Waals surface area contributed by atoms with Gasteiger partial charge in [0, 0.05) is 24.1 Å². The van der Waals surface area contributed by atoms with Crippen molar-refractivity contribution in [1.29, 1.82) is 0 Å². The minimum absolute atomic E-state index is 0.0176. The van der Waals surface area contributed by atoms with E-state index in [1.165, 1.54) is 0 Å². The molecule has 2 aromatic rings. The Morgan fingerprint density at radius 2 is 1.59 bits per heavy atom. The Morgan fingerprint density at radius 1 is 0.969 bits per heavy atom. The van der Waals surface area contributed by atoms with E-state index in [2.05, 4.69) is 4.98 Å². The quantitative estimate of drug-likeness (QED) is 0.565. The van der Waals surface area contributed by atoms with Crippen molar-refractivity contribution in [1.82, 2.24) is 4.98 Å². The van der Waals surface area contributed by atoms with Crippen LogP contribution in [0.3, 0.4) is 0 Å². The number of hydrogen-bond donors (Lipinski definition) is 0. The Kier molecular flexibility index (Phi) is 5.10. The number of nitrogens with zero attached hydrogens (tertiary/aromatic N) is 1. The standard InChI is InChI=1S/C25H24F3NO3/c1-2-13-7-9-17(32-19-10-8-16(12-29-19)25(26,27)28)11-18(13)22-23(30)20-14-3-4-15(6-5-14)21(20)24(22)31/h7-12,14-15,20-22H,2-6H2,1H3. The zero-order valence-electron chi connectivity index (χ0n) is 17.7. The van der Waals surface area contributed by atoms with E-state index in [0.717, 1.165) is 49.6 Å². The van der Waals surface area contributed by atoms with Crippen LogP contribution in [0.5, 0.6) is 11.6 Å². The third-order valence-corrected chi connectivity index (χ3v) is 7.54. The number of benzene rings is 1. The first kappa shape index (κ1) is 21.2. The molecular formula is C25H24F3NO3. The molecule has 2 atom stereocenters. The second kappa shape index (κ2) is 7.71.